The molecule has 5 nitrogen and oxygen atoms in total. The summed E-state index contributed by atoms with van der Waals surface area (Å²) in [6, 6.07) is 7.04. The number of piperidine rings is 1. The normalized spacial score (nSPS) is 21.6. The fraction of sp³-hybridized carbons (Fsp3) is 0.650. The Morgan fingerprint density at radius 3 is 2.81 bits per heavy atom. The Balaban J connectivity index is 1.45. The first kappa shape index (κ1) is 19.1. The number of halogens is 1. The second-order valence-electron chi connectivity index (χ2n) is 7.16. The molecule has 2 fully saturated rings. The van der Waals surface area contributed by atoms with Gasteiger partial charge >= 0.3 is 6.03 Å². The van der Waals surface area contributed by atoms with Gasteiger partial charge < -0.3 is 15.0 Å². The van der Waals surface area contributed by atoms with Gasteiger partial charge in [-0.3, -0.25) is 4.90 Å². The number of carbonyl (C=O) groups excluding carboxylic acids is 1. The molecule has 1 N–H and O–H groups in total. The van der Waals surface area contributed by atoms with Crippen molar-refractivity contribution >= 4 is 6.03 Å². The number of ether oxygens (including phenoxy) is 1. The van der Waals surface area contributed by atoms with E-state index in [1.807, 2.05) is 11.0 Å². The zero-order chi connectivity index (χ0) is 18.2. The van der Waals surface area contributed by atoms with E-state index >= 15 is 0 Å². The zero-order valence-electron chi connectivity index (χ0n) is 15.5. The van der Waals surface area contributed by atoms with Crippen LogP contribution in [0.25, 0.3) is 0 Å². The van der Waals surface area contributed by atoms with E-state index in [0.29, 0.717) is 24.6 Å². The van der Waals surface area contributed by atoms with Gasteiger partial charge in [0.25, 0.3) is 0 Å². The third-order valence-electron chi connectivity index (χ3n) is 5.40. The number of rotatable bonds is 6. The highest BCUT2D eigenvalue weighted by molar-refractivity contribution is 5.74. The summed E-state index contributed by atoms with van der Waals surface area (Å²) in [7, 11) is 0. The number of amides is 2. The predicted molar refractivity (Wildman–Crippen MR) is 99.7 cm³/mol. The van der Waals surface area contributed by atoms with Crippen LogP contribution in [0.1, 0.15) is 31.2 Å². The number of hydrogen-bond acceptors (Lipinski definition) is 3. The molecule has 2 aliphatic heterocycles. The van der Waals surface area contributed by atoms with Crippen LogP contribution in [-0.2, 0) is 11.2 Å². The number of benzene rings is 1. The van der Waals surface area contributed by atoms with E-state index in [1.54, 1.807) is 12.1 Å². The third-order valence-corrected chi connectivity index (χ3v) is 5.40. The van der Waals surface area contributed by atoms with Crippen LogP contribution >= 0.6 is 0 Å². The number of carbonyl (C=O) groups is 1. The summed E-state index contributed by atoms with van der Waals surface area (Å²) in [5.41, 5.74) is 0.648. The lowest BCUT2D eigenvalue weighted by Gasteiger charge is -2.37. The minimum Gasteiger partial charge on any atom is -0.379 e. The van der Waals surface area contributed by atoms with Crippen LogP contribution in [0, 0.1) is 5.82 Å². The molecule has 26 heavy (non-hydrogen) atoms. The monoisotopic (exact) mass is 363 g/mol. The number of hydrogen-bond donors (Lipinski definition) is 1. The maximum absolute atomic E-state index is 13.7. The summed E-state index contributed by atoms with van der Waals surface area (Å²) in [5.74, 6) is -0.205. The molecule has 0 aliphatic carbocycles. The predicted octanol–water partition coefficient (Wildman–Crippen LogP) is 2.65. The highest BCUT2D eigenvalue weighted by Crippen LogP contribution is 2.20. The third kappa shape index (κ3) is 5.42. The van der Waals surface area contributed by atoms with Gasteiger partial charge in [-0.1, -0.05) is 18.2 Å². The Morgan fingerprint density at radius 1 is 1.19 bits per heavy atom. The van der Waals surface area contributed by atoms with Crippen molar-refractivity contribution in [1.82, 2.24) is 15.1 Å². The van der Waals surface area contributed by atoms with Crippen molar-refractivity contribution in [2.75, 3.05) is 45.9 Å². The second kappa shape index (κ2) is 9.88. The van der Waals surface area contributed by atoms with Crippen molar-refractivity contribution in [2.24, 2.45) is 0 Å². The Kier molecular flexibility index (Phi) is 7.26. The average Bonchev–Trinajstić information content (AvgIpc) is 2.69. The minimum absolute atomic E-state index is 0.00647. The van der Waals surface area contributed by atoms with E-state index < -0.39 is 0 Å². The van der Waals surface area contributed by atoms with Gasteiger partial charge in [0.05, 0.1) is 13.2 Å². The Labute approximate surface area is 155 Å². The molecule has 0 aromatic heterocycles. The number of likely N-dealkylation sites (tertiary alicyclic amines) is 1. The van der Waals surface area contributed by atoms with Gasteiger partial charge in [-0.25, -0.2) is 9.18 Å². The van der Waals surface area contributed by atoms with Crippen molar-refractivity contribution < 1.29 is 13.9 Å². The van der Waals surface area contributed by atoms with Crippen molar-refractivity contribution in [3.8, 4) is 0 Å². The maximum Gasteiger partial charge on any atom is 0.317 e. The van der Waals surface area contributed by atoms with Gasteiger partial charge in [0, 0.05) is 38.8 Å². The first-order chi connectivity index (χ1) is 12.7. The van der Waals surface area contributed by atoms with Gasteiger partial charge in [0.1, 0.15) is 5.82 Å². The van der Waals surface area contributed by atoms with E-state index in [-0.39, 0.29) is 11.8 Å². The van der Waals surface area contributed by atoms with Crippen LogP contribution < -0.4 is 5.32 Å². The number of urea groups is 1. The second-order valence-corrected chi connectivity index (χ2v) is 7.16. The lowest BCUT2D eigenvalue weighted by molar-refractivity contribution is 0.0326. The highest BCUT2D eigenvalue weighted by atomic mass is 19.1. The van der Waals surface area contributed by atoms with E-state index in [2.05, 4.69) is 10.2 Å². The summed E-state index contributed by atoms with van der Waals surface area (Å²) in [6.45, 7) is 5.90. The minimum atomic E-state index is -0.205. The van der Waals surface area contributed by atoms with Gasteiger partial charge in [-0.15, -0.1) is 0 Å². The molecule has 2 heterocycles. The molecule has 144 valence electrons. The van der Waals surface area contributed by atoms with E-state index in [1.165, 1.54) is 12.5 Å². The van der Waals surface area contributed by atoms with Gasteiger partial charge in [0.15, 0.2) is 0 Å². The molecule has 3 rings (SSSR count). The van der Waals surface area contributed by atoms with Crippen LogP contribution in [-0.4, -0.2) is 67.8 Å². The van der Waals surface area contributed by atoms with Crippen molar-refractivity contribution in [1.29, 1.82) is 0 Å². The fourth-order valence-electron chi connectivity index (χ4n) is 3.83. The Bertz CT molecular complexity index is 578. The van der Waals surface area contributed by atoms with E-state index in [4.69, 9.17) is 4.74 Å². The summed E-state index contributed by atoms with van der Waals surface area (Å²) in [4.78, 5) is 17.0. The number of nitrogens with one attached hydrogen (secondary N) is 1. The molecule has 0 radical (unpaired) electrons. The topological polar surface area (TPSA) is 44.8 Å². The van der Waals surface area contributed by atoms with Gasteiger partial charge in [-0.05, 0) is 43.7 Å². The lowest BCUT2D eigenvalue weighted by atomic mass is 9.99. The standard InChI is InChI=1S/C20H30FN3O2/c21-19-7-2-1-5-17(19)8-10-22-20(25)24-11-4-3-6-18(24)9-12-23-13-15-26-16-14-23/h1-2,5,7,18H,3-4,6,8-16H2,(H,22,25). The molecule has 6 heteroatoms. The molecule has 1 aromatic rings. The molecule has 0 spiro atoms. The Morgan fingerprint density at radius 2 is 2.00 bits per heavy atom. The van der Waals surface area contributed by atoms with Crippen LogP contribution in [0.5, 0.6) is 0 Å². The summed E-state index contributed by atoms with van der Waals surface area (Å²) in [5, 5.41) is 2.98. The molecule has 1 unspecified atom stereocenters. The molecule has 1 aromatic carbocycles. The van der Waals surface area contributed by atoms with Crippen molar-refractivity contribution in [3.63, 3.8) is 0 Å². The summed E-state index contributed by atoms with van der Waals surface area (Å²) in [6.07, 6.45) is 4.86. The lowest BCUT2D eigenvalue weighted by Crippen LogP contribution is -2.50. The van der Waals surface area contributed by atoms with Crippen LogP contribution in [0.15, 0.2) is 24.3 Å². The molecular weight excluding hydrogens is 333 g/mol. The largest absolute Gasteiger partial charge is 0.379 e. The fourth-order valence-corrected chi connectivity index (χ4v) is 3.83. The molecule has 2 aliphatic rings. The Hall–Kier alpha value is -1.66. The number of morpholine rings is 1. The molecular formula is C20H30FN3O2. The maximum atomic E-state index is 13.7. The molecule has 0 bridgehead atoms. The van der Waals surface area contributed by atoms with Crippen LogP contribution in [0.3, 0.4) is 0 Å². The quantitative estimate of drug-likeness (QED) is 0.845. The van der Waals surface area contributed by atoms with Gasteiger partial charge in [0.2, 0.25) is 0 Å². The smallest absolute Gasteiger partial charge is 0.317 e. The SMILES string of the molecule is O=C(NCCc1ccccc1F)N1CCCCC1CCN1CCOCC1. The van der Waals surface area contributed by atoms with E-state index in [9.17, 15) is 9.18 Å². The van der Waals surface area contributed by atoms with Crippen molar-refractivity contribution in [2.45, 2.75) is 38.1 Å². The van der Waals surface area contributed by atoms with E-state index in [0.717, 1.165) is 58.7 Å². The molecule has 2 amide bonds. The van der Waals surface area contributed by atoms with Crippen LogP contribution in [0.4, 0.5) is 9.18 Å². The highest BCUT2D eigenvalue weighted by Gasteiger charge is 2.27. The van der Waals surface area contributed by atoms with Gasteiger partial charge in [-0.2, -0.15) is 0 Å². The van der Waals surface area contributed by atoms with Crippen molar-refractivity contribution in [3.05, 3.63) is 35.6 Å². The first-order valence-electron chi connectivity index (χ1n) is 9.82. The number of nitrogens with zero attached hydrogens (tertiary/aromatic N) is 2. The average molecular weight is 363 g/mol. The van der Waals surface area contributed by atoms with Crippen LogP contribution in [0.2, 0.25) is 0 Å². The molecule has 0 saturated carbocycles. The molecule has 2 saturated heterocycles. The first-order valence-corrected chi connectivity index (χ1v) is 9.82. The molecule has 1 atom stereocenters. The zero-order valence-corrected chi connectivity index (χ0v) is 15.5. The summed E-state index contributed by atoms with van der Waals surface area (Å²) >= 11 is 0. The summed E-state index contributed by atoms with van der Waals surface area (Å²) < 4.78 is 19.1.